The molecule has 1 aliphatic heterocycles. The molecule has 0 bridgehead atoms. The molecule has 0 aliphatic carbocycles. The Labute approximate surface area is 111 Å². The Hall–Kier alpha value is -1.09. The van der Waals surface area contributed by atoms with Crippen LogP contribution in [0, 0.1) is 5.92 Å². The lowest BCUT2D eigenvalue weighted by molar-refractivity contribution is 0.376. The molecular weight excluding hydrogens is 222 g/mol. The van der Waals surface area contributed by atoms with E-state index in [9.17, 15) is 0 Å². The molecule has 0 aromatic carbocycles. The van der Waals surface area contributed by atoms with E-state index in [1.807, 2.05) is 6.20 Å². The Balaban J connectivity index is 2.07. The normalized spacial score (nSPS) is 24.3. The van der Waals surface area contributed by atoms with Gasteiger partial charge in [-0.15, -0.1) is 0 Å². The monoisotopic (exact) mass is 247 g/mol. The maximum absolute atomic E-state index is 4.54. The summed E-state index contributed by atoms with van der Waals surface area (Å²) in [6.07, 6.45) is 4.50. The van der Waals surface area contributed by atoms with Crippen molar-refractivity contribution in [3.63, 3.8) is 0 Å². The van der Waals surface area contributed by atoms with E-state index in [4.69, 9.17) is 0 Å². The molecule has 0 spiro atoms. The second-order valence-electron chi connectivity index (χ2n) is 5.47. The molecule has 1 aromatic heterocycles. The minimum Gasteiger partial charge on any atom is -0.354 e. The molecule has 2 unspecified atom stereocenters. The topological polar surface area (TPSA) is 28.2 Å². The molecule has 3 heteroatoms. The van der Waals surface area contributed by atoms with Gasteiger partial charge in [0.2, 0.25) is 0 Å². The molecule has 0 radical (unpaired) electrons. The number of hydrogen-bond acceptors (Lipinski definition) is 3. The summed E-state index contributed by atoms with van der Waals surface area (Å²) in [7, 11) is 0. The highest BCUT2D eigenvalue weighted by molar-refractivity contribution is 5.42. The van der Waals surface area contributed by atoms with Gasteiger partial charge in [-0.1, -0.05) is 13.8 Å². The van der Waals surface area contributed by atoms with Gasteiger partial charge in [0.1, 0.15) is 5.82 Å². The Morgan fingerprint density at radius 1 is 1.44 bits per heavy atom. The Bertz CT molecular complexity index is 378. The molecule has 1 aromatic rings. The average Bonchev–Trinajstić information content (AvgIpc) is 2.36. The summed E-state index contributed by atoms with van der Waals surface area (Å²) in [4.78, 5) is 7.00. The molecular formula is C15H25N3. The summed E-state index contributed by atoms with van der Waals surface area (Å²) in [6, 6.07) is 4.94. The predicted octanol–water partition coefficient (Wildman–Crippen LogP) is 2.82. The SMILES string of the molecule is CCNCc1ccnc(N2CCC(C)CC2C)c1. The van der Waals surface area contributed by atoms with Crippen molar-refractivity contribution in [1.29, 1.82) is 0 Å². The van der Waals surface area contributed by atoms with E-state index in [0.29, 0.717) is 6.04 Å². The van der Waals surface area contributed by atoms with Crippen molar-refractivity contribution in [2.24, 2.45) is 5.92 Å². The van der Waals surface area contributed by atoms with Crippen LogP contribution in [0.5, 0.6) is 0 Å². The zero-order chi connectivity index (χ0) is 13.0. The Morgan fingerprint density at radius 3 is 3.00 bits per heavy atom. The number of rotatable bonds is 4. The first-order chi connectivity index (χ1) is 8.70. The van der Waals surface area contributed by atoms with Crippen LogP contribution in [0.2, 0.25) is 0 Å². The fourth-order valence-corrected chi connectivity index (χ4v) is 2.74. The van der Waals surface area contributed by atoms with E-state index < -0.39 is 0 Å². The van der Waals surface area contributed by atoms with Gasteiger partial charge in [-0.2, -0.15) is 0 Å². The largest absolute Gasteiger partial charge is 0.354 e. The summed E-state index contributed by atoms with van der Waals surface area (Å²) < 4.78 is 0. The fraction of sp³-hybridized carbons (Fsp3) is 0.667. The van der Waals surface area contributed by atoms with E-state index in [-0.39, 0.29) is 0 Å². The first-order valence-electron chi connectivity index (χ1n) is 7.13. The summed E-state index contributed by atoms with van der Waals surface area (Å²) in [5.74, 6) is 1.99. The van der Waals surface area contributed by atoms with Crippen molar-refractivity contribution >= 4 is 5.82 Å². The first-order valence-corrected chi connectivity index (χ1v) is 7.13. The zero-order valence-corrected chi connectivity index (χ0v) is 11.8. The van der Waals surface area contributed by atoms with Crippen molar-refractivity contribution in [3.05, 3.63) is 23.9 Å². The molecule has 2 rings (SSSR count). The van der Waals surface area contributed by atoms with Crippen LogP contribution in [0.25, 0.3) is 0 Å². The maximum atomic E-state index is 4.54. The molecule has 3 nitrogen and oxygen atoms in total. The highest BCUT2D eigenvalue weighted by Crippen LogP contribution is 2.26. The molecule has 1 fully saturated rings. The summed E-state index contributed by atoms with van der Waals surface area (Å²) in [5, 5.41) is 3.37. The van der Waals surface area contributed by atoms with Crippen LogP contribution in [0.4, 0.5) is 5.82 Å². The van der Waals surface area contributed by atoms with Gasteiger partial charge in [0.25, 0.3) is 0 Å². The van der Waals surface area contributed by atoms with Crippen molar-refractivity contribution in [2.75, 3.05) is 18.0 Å². The lowest BCUT2D eigenvalue weighted by atomic mass is 9.93. The third-order valence-electron chi connectivity index (χ3n) is 3.82. The van der Waals surface area contributed by atoms with Crippen LogP contribution < -0.4 is 10.2 Å². The van der Waals surface area contributed by atoms with Crippen molar-refractivity contribution in [3.8, 4) is 0 Å². The van der Waals surface area contributed by atoms with Crippen molar-refractivity contribution in [1.82, 2.24) is 10.3 Å². The number of aromatic nitrogens is 1. The number of pyridine rings is 1. The summed E-state index contributed by atoms with van der Waals surface area (Å²) in [6.45, 7) is 9.88. The quantitative estimate of drug-likeness (QED) is 0.887. The molecule has 1 aliphatic rings. The van der Waals surface area contributed by atoms with E-state index in [2.05, 4.69) is 48.1 Å². The number of nitrogens with zero attached hydrogens (tertiary/aromatic N) is 2. The molecule has 2 atom stereocenters. The number of anilines is 1. The van der Waals surface area contributed by atoms with Gasteiger partial charge in [0.15, 0.2) is 0 Å². The predicted molar refractivity (Wildman–Crippen MR) is 76.8 cm³/mol. The van der Waals surface area contributed by atoms with Crippen molar-refractivity contribution < 1.29 is 0 Å². The van der Waals surface area contributed by atoms with Gasteiger partial charge >= 0.3 is 0 Å². The second-order valence-corrected chi connectivity index (χ2v) is 5.47. The van der Waals surface area contributed by atoms with Crippen LogP contribution in [0.15, 0.2) is 18.3 Å². The number of piperidine rings is 1. The van der Waals surface area contributed by atoms with Gasteiger partial charge in [0, 0.05) is 25.3 Å². The summed E-state index contributed by atoms with van der Waals surface area (Å²) in [5.41, 5.74) is 1.33. The zero-order valence-electron chi connectivity index (χ0n) is 11.8. The van der Waals surface area contributed by atoms with Crippen LogP contribution in [-0.4, -0.2) is 24.1 Å². The highest BCUT2D eigenvalue weighted by Gasteiger charge is 2.23. The van der Waals surface area contributed by atoms with E-state index in [1.165, 1.54) is 18.4 Å². The highest BCUT2D eigenvalue weighted by atomic mass is 15.2. The molecule has 1 saturated heterocycles. The van der Waals surface area contributed by atoms with Crippen LogP contribution >= 0.6 is 0 Å². The smallest absolute Gasteiger partial charge is 0.129 e. The van der Waals surface area contributed by atoms with E-state index in [0.717, 1.165) is 31.4 Å². The minimum absolute atomic E-state index is 0.607. The van der Waals surface area contributed by atoms with Crippen LogP contribution in [0.1, 0.15) is 39.2 Å². The molecule has 18 heavy (non-hydrogen) atoms. The summed E-state index contributed by atoms with van der Waals surface area (Å²) >= 11 is 0. The third-order valence-corrected chi connectivity index (χ3v) is 3.82. The maximum Gasteiger partial charge on any atom is 0.129 e. The van der Waals surface area contributed by atoms with E-state index >= 15 is 0 Å². The van der Waals surface area contributed by atoms with Gasteiger partial charge < -0.3 is 10.2 Å². The van der Waals surface area contributed by atoms with Gasteiger partial charge in [-0.05, 0) is 49.9 Å². The third kappa shape index (κ3) is 3.22. The molecule has 0 saturated carbocycles. The van der Waals surface area contributed by atoms with Crippen LogP contribution in [-0.2, 0) is 6.54 Å². The fourth-order valence-electron chi connectivity index (χ4n) is 2.74. The molecule has 2 heterocycles. The van der Waals surface area contributed by atoms with Gasteiger partial charge in [-0.25, -0.2) is 4.98 Å². The minimum atomic E-state index is 0.607. The Morgan fingerprint density at radius 2 is 2.28 bits per heavy atom. The lowest BCUT2D eigenvalue weighted by Crippen LogP contribution is -2.40. The lowest BCUT2D eigenvalue weighted by Gasteiger charge is -2.37. The van der Waals surface area contributed by atoms with Crippen LogP contribution in [0.3, 0.4) is 0 Å². The second kappa shape index (κ2) is 6.19. The van der Waals surface area contributed by atoms with Gasteiger partial charge in [0.05, 0.1) is 0 Å². The molecule has 1 N–H and O–H groups in total. The number of hydrogen-bond donors (Lipinski definition) is 1. The van der Waals surface area contributed by atoms with E-state index in [1.54, 1.807) is 0 Å². The number of nitrogens with one attached hydrogen (secondary N) is 1. The first kappa shape index (κ1) is 13.3. The van der Waals surface area contributed by atoms with Crippen molar-refractivity contribution in [2.45, 2.75) is 46.2 Å². The Kier molecular flexibility index (Phi) is 4.59. The van der Waals surface area contributed by atoms with Gasteiger partial charge in [-0.3, -0.25) is 0 Å². The average molecular weight is 247 g/mol. The molecule has 0 amide bonds. The molecule has 100 valence electrons. The standard InChI is InChI=1S/C15H25N3/c1-4-16-11-14-5-7-17-15(10-14)18-8-6-12(2)9-13(18)3/h5,7,10,12-13,16H,4,6,8-9,11H2,1-3H3.